The lowest BCUT2D eigenvalue weighted by atomic mass is 10.0. The number of thiophene rings is 1. The highest BCUT2D eigenvalue weighted by molar-refractivity contribution is 7.09. The molecule has 5 rings (SSSR count). The minimum absolute atomic E-state index is 0.00205. The van der Waals surface area contributed by atoms with E-state index in [1.807, 2.05) is 27.3 Å². The minimum Gasteiger partial charge on any atom is -0.325 e. The molecule has 2 aliphatic heterocycles. The minimum atomic E-state index is -0.672. The maximum absolute atomic E-state index is 14.1. The fraction of sp³-hybridized carbons (Fsp3) is 0.167. The number of carbonyl (C=O) groups excluding carboxylic acids is 2. The first-order valence-electron chi connectivity index (χ1n) is 10.2. The number of hydrogen-bond donors (Lipinski definition) is 1. The number of ketones is 1. The second-order valence-corrected chi connectivity index (χ2v) is 8.60. The van der Waals surface area contributed by atoms with Crippen LogP contribution in [0.5, 0.6) is 0 Å². The number of rotatable bonds is 5. The molecule has 5 nitrogen and oxygen atoms in total. The summed E-state index contributed by atoms with van der Waals surface area (Å²) in [5, 5.41) is 4.52. The van der Waals surface area contributed by atoms with E-state index in [4.69, 9.17) is 0 Å². The summed E-state index contributed by atoms with van der Waals surface area (Å²) in [6.07, 6.45) is 0.806. The Morgan fingerprint density at radius 3 is 2.69 bits per heavy atom. The molecular weight excluding hydrogens is 432 g/mol. The van der Waals surface area contributed by atoms with Gasteiger partial charge in [0.05, 0.1) is 17.1 Å². The number of para-hydroxylation sites is 1. The summed E-state index contributed by atoms with van der Waals surface area (Å²) >= 11 is 1.61. The van der Waals surface area contributed by atoms with Gasteiger partial charge in [0.2, 0.25) is 0 Å². The summed E-state index contributed by atoms with van der Waals surface area (Å²) in [4.78, 5) is 30.9. The number of Topliss-reactive ketones (excluding diaryl/α,β-unsaturated/α-hetero) is 1. The van der Waals surface area contributed by atoms with Crippen molar-refractivity contribution in [3.05, 3.63) is 87.9 Å². The number of amides is 1. The predicted molar refractivity (Wildman–Crippen MR) is 121 cm³/mol. The number of nitrogens with zero attached hydrogens (tertiary/aromatic N) is 2. The number of carbonyl (C=O) groups is 2. The van der Waals surface area contributed by atoms with Gasteiger partial charge in [0.15, 0.2) is 5.78 Å². The first-order valence-corrected chi connectivity index (χ1v) is 11.1. The van der Waals surface area contributed by atoms with Gasteiger partial charge in [-0.15, -0.1) is 11.3 Å². The maximum atomic E-state index is 14.1. The number of fused-ring (bicyclic) bond motifs is 3. The number of nitrogens with one attached hydrogen (secondary N) is 1. The van der Waals surface area contributed by atoms with Crippen molar-refractivity contribution in [1.82, 2.24) is 0 Å². The van der Waals surface area contributed by atoms with Crippen LogP contribution in [0.2, 0.25) is 0 Å². The van der Waals surface area contributed by atoms with Gasteiger partial charge in [-0.05, 0) is 48.2 Å². The summed E-state index contributed by atoms with van der Waals surface area (Å²) in [5.41, 5.74) is 1.32. The van der Waals surface area contributed by atoms with E-state index in [-0.39, 0.29) is 23.5 Å². The molecule has 162 valence electrons. The monoisotopic (exact) mass is 451 g/mol. The Labute approximate surface area is 187 Å². The molecule has 32 heavy (non-hydrogen) atoms. The molecule has 2 aromatic carbocycles. The second kappa shape index (κ2) is 8.20. The Bertz CT molecular complexity index is 1240. The van der Waals surface area contributed by atoms with Gasteiger partial charge in [-0.2, -0.15) is 0 Å². The lowest BCUT2D eigenvalue weighted by Gasteiger charge is -2.31. The van der Waals surface area contributed by atoms with Crippen LogP contribution in [0.25, 0.3) is 0 Å². The van der Waals surface area contributed by atoms with Gasteiger partial charge in [-0.25, -0.2) is 8.78 Å². The van der Waals surface area contributed by atoms with Gasteiger partial charge < -0.3 is 15.1 Å². The van der Waals surface area contributed by atoms with E-state index in [1.165, 1.54) is 30.3 Å². The van der Waals surface area contributed by atoms with Crippen molar-refractivity contribution in [3.63, 3.8) is 0 Å². The fourth-order valence-corrected chi connectivity index (χ4v) is 4.85. The third-order valence-corrected chi connectivity index (χ3v) is 6.54. The number of hydrogen-bond acceptors (Lipinski definition) is 5. The van der Waals surface area contributed by atoms with Crippen molar-refractivity contribution in [3.8, 4) is 0 Å². The molecule has 0 saturated carbocycles. The van der Waals surface area contributed by atoms with Crippen LogP contribution < -0.4 is 15.1 Å². The lowest BCUT2D eigenvalue weighted by molar-refractivity contribution is -0.120. The van der Waals surface area contributed by atoms with E-state index < -0.39 is 17.5 Å². The molecule has 1 N–H and O–H groups in total. The van der Waals surface area contributed by atoms with Gasteiger partial charge in [0, 0.05) is 24.4 Å². The van der Waals surface area contributed by atoms with Gasteiger partial charge in [0.25, 0.3) is 5.91 Å². The first kappa shape index (κ1) is 20.4. The van der Waals surface area contributed by atoms with E-state index in [0.717, 1.165) is 10.6 Å². The maximum Gasteiger partial charge on any atom is 0.263 e. The fourth-order valence-electron chi connectivity index (χ4n) is 4.15. The third kappa shape index (κ3) is 3.56. The highest BCUT2D eigenvalue weighted by Crippen LogP contribution is 2.45. The zero-order chi connectivity index (χ0) is 22.2. The number of anilines is 3. The Balaban J connectivity index is 1.58. The standard InChI is InChI=1S/C24H19F2N3O2S/c25-15-7-8-19-20(14-15)29(11-9-16-4-3-13-32-16)24-22(21(30)10-12-28(19)24)23(31)27-18-6-2-1-5-17(18)26/h1-8,13-14H,9-12H2,(H,27,31). The SMILES string of the molecule is O=C1CCN2C(=C1C(=O)Nc1ccccc1F)N(CCc1cccs1)c1cc(F)ccc12. The average Bonchev–Trinajstić information content (AvgIpc) is 3.39. The summed E-state index contributed by atoms with van der Waals surface area (Å²) in [6, 6.07) is 14.2. The molecule has 0 unspecified atom stereocenters. The van der Waals surface area contributed by atoms with Crippen LogP contribution in [0.4, 0.5) is 25.8 Å². The van der Waals surface area contributed by atoms with Crippen molar-refractivity contribution >= 4 is 40.1 Å². The molecular formula is C24H19F2N3O2S. The van der Waals surface area contributed by atoms with Crippen LogP contribution in [0, 0.1) is 11.6 Å². The summed E-state index contributed by atoms with van der Waals surface area (Å²) in [6.45, 7) is 0.853. The molecule has 3 aromatic rings. The van der Waals surface area contributed by atoms with Crippen LogP contribution in [-0.2, 0) is 16.0 Å². The molecule has 2 aliphatic rings. The van der Waals surface area contributed by atoms with E-state index in [2.05, 4.69) is 5.32 Å². The molecule has 1 amide bonds. The van der Waals surface area contributed by atoms with Crippen molar-refractivity contribution in [2.75, 3.05) is 28.2 Å². The summed E-state index contributed by atoms with van der Waals surface area (Å²) in [7, 11) is 0. The van der Waals surface area contributed by atoms with Gasteiger partial charge >= 0.3 is 0 Å². The van der Waals surface area contributed by atoms with Crippen molar-refractivity contribution in [2.24, 2.45) is 0 Å². The molecule has 0 saturated heterocycles. The van der Waals surface area contributed by atoms with Crippen LogP contribution in [0.1, 0.15) is 11.3 Å². The van der Waals surface area contributed by atoms with Crippen molar-refractivity contribution in [1.29, 1.82) is 0 Å². The zero-order valence-electron chi connectivity index (χ0n) is 17.0. The van der Waals surface area contributed by atoms with Crippen LogP contribution in [-0.4, -0.2) is 24.8 Å². The average molecular weight is 451 g/mol. The smallest absolute Gasteiger partial charge is 0.263 e. The molecule has 0 fully saturated rings. The normalized spacial score (nSPS) is 15.1. The van der Waals surface area contributed by atoms with Gasteiger partial charge in [-0.3, -0.25) is 9.59 Å². The predicted octanol–water partition coefficient (Wildman–Crippen LogP) is 4.72. The Morgan fingerprint density at radius 2 is 1.91 bits per heavy atom. The Morgan fingerprint density at radius 1 is 1.06 bits per heavy atom. The van der Waals surface area contributed by atoms with Crippen LogP contribution in [0.3, 0.4) is 0 Å². The molecule has 0 radical (unpaired) electrons. The summed E-state index contributed by atoms with van der Waals surface area (Å²) < 4.78 is 28.3. The van der Waals surface area contributed by atoms with Crippen LogP contribution in [0.15, 0.2) is 71.4 Å². The van der Waals surface area contributed by atoms with Crippen molar-refractivity contribution < 1.29 is 18.4 Å². The third-order valence-electron chi connectivity index (χ3n) is 5.61. The Kier molecular flexibility index (Phi) is 5.22. The van der Waals surface area contributed by atoms with E-state index in [1.54, 1.807) is 23.5 Å². The lowest BCUT2D eigenvalue weighted by Crippen LogP contribution is -2.41. The second-order valence-electron chi connectivity index (χ2n) is 7.57. The van der Waals surface area contributed by atoms with E-state index in [0.29, 0.717) is 31.0 Å². The molecule has 3 heterocycles. The van der Waals surface area contributed by atoms with Gasteiger partial charge in [-0.1, -0.05) is 18.2 Å². The highest BCUT2D eigenvalue weighted by Gasteiger charge is 2.41. The number of benzene rings is 2. The molecule has 0 aliphatic carbocycles. The topological polar surface area (TPSA) is 52.7 Å². The quantitative estimate of drug-likeness (QED) is 0.571. The molecule has 0 bridgehead atoms. The highest BCUT2D eigenvalue weighted by atomic mass is 32.1. The van der Waals surface area contributed by atoms with Crippen molar-refractivity contribution in [2.45, 2.75) is 12.8 Å². The largest absolute Gasteiger partial charge is 0.325 e. The van der Waals surface area contributed by atoms with Crippen LogP contribution >= 0.6 is 11.3 Å². The zero-order valence-corrected chi connectivity index (χ0v) is 17.8. The van der Waals surface area contributed by atoms with Gasteiger partial charge in [0.1, 0.15) is 23.0 Å². The molecule has 0 atom stereocenters. The molecule has 0 spiro atoms. The molecule has 8 heteroatoms. The molecule has 1 aromatic heterocycles. The van der Waals surface area contributed by atoms with E-state index in [9.17, 15) is 18.4 Å². The Hall–Kier alpha value is -3.52. The number of halogens is 2. The summed E-state index contributed by atoms with van der Waals surface area (Å²) in [5.74, 6) is -1.55. The first-order chi connectivity index (χ1) is 15.5. The van der Waals surface area contributed by atoms with E-state index >= 15 is 0 Å².